The molecule has 4 aromatic rings. The Morgan fingerprint density at radius 3 is 2.73 bits per heavy atom. The Hall–Kier alpha value is -2.63. The van der Waals surface area contributed by atoms with E-state index in [2.05, 4.69) is 52.2 Å². The van der Waals surface area contributed by atoms with Crippen LogP contribution in [0.5, 0.6) is 0 Å². The third kappa shape index (κ3) is 3.11. The second-order valence-corrected chi connectivity index (χ2v) is 7.28. The Morgan fingerprint density at radius 2 is 1.92 bits per heavy atom. The highest BCUT2D eigenvalue weighted by molar-refractivity contribution is 7.14. The molecule has 2 heterocycles. The Kier molecular flexibility index (Phi) is 4.49. The molecule has 6 heteroatoms. The van der Waals surface area contributed by atoms with Crippen molar-refractivity contribution in [3.8, 4) is 11.3 Å². The molecule has 0 amide bonds. The molecule has 2 aromatic heterocycles. The van der Waals surface area contributed by atoms with Gasteiger partial charge in [0.05, 0.1) is 11.9 Å². The monoisotopic (exact) mass is 380 g/mol. The van der Waals surface area contributed by atoms with Crippen LogP contribution in [0.25, 0.3) is 22.2 Å². The number of nitrogens with zero attached hydrogens (tertiary/aromatic N) is 3. The molecule has 0 spiro atoms. The number of aryl methyl sites for hydroxylation is 1. The molecule has 26 heavy (non-hydrogen) atoms. The molecule has 0 aliphatic heterocycles. The Balaban J connectivity index is 1.55. The summed E-state index contributed by atoms with van der Waals surface area (Å²) in [5, 5.41) is 9.07. The predicted molar refractivity (Wildman–Crippen MR) is 111 cm³/mol. The molecule has 0 saturated heterocycles. The molecule has 0 radical (unpaired) electrons. The fraction of sp³-hybridized carbons (Fsp3) is 0.100. The van der Waals surface area contributed by atoms with Crippen LogP contribution in [0.15, 0.2) is 59.0 Å². The first-order valence-corrected chi connectivity index (χ1v) is 9.44. The third-order valence-electron chi connectivity index (χ3n) is 4.45. The number of fused-ring (bicyclic) bond motifs is 1. The van der Waals surface area contributed by atoms with E-state index in [-0.39, 0.29) is 0 Å². The first-order valence-electron chi connectivity index (χ1n) is 8.18. The molecule has 0 fully saturated rings. The van der Waals surface area contributed by atoms with Gasteiger partial charge in [-0.25, -0.2) is 4.98 Å². The number of thiazole rings is 1. The van der Waals surface area contributed by atoms with Crippen LogP contribution in [-0.2, 0) is 7.05 Å². The van der Waals surface area contributed by atoms with Crippen LogP contribution in [0.1, 0.15) is 11.3 Å². The lowest BCUT2D eigenvalue weighted by Crippen LogP contribution is -1.94. The molecule has 4 rings (SSSR count). The molecular formula is C20H17ClN4S. The summed E-state index contributed by atoms with van der Waals surface area (Å²) < 4.78 is 2.18. The highest BCUT2D eigenvalue weighted by Gasteiger charge is 2.09. The molecule has 130 valence electrons. The van der Waals surface area contributed by atoms with Gasteiger partial charge < -0.3 is 4.57 Å². The van der Waals surface area contributed by atoms with E-state index < -0.39 is 0 Å². The van der Waals surface area contributed by atoms with E-state index in [4.69, 9.17) is 11.6 Å². The summed E-state index contributed by atoms with van der Waals surface area (Å²) in [7, 11) is 2.07. The zero-order valence-electron chi connectivity index (χ0n) is 14.4. The molecule has 0 saturated carbocycles. The maximum atomic E-state index is 5.94. The second kappa shape index (κ2) is 6.94. The third-order valence-corrected chi connectivity index (χ3v) is 5.45. The summed E-state index contributed by atoms with van der Waals surface area (Å²) >= 11 is 7.46. The topological polar surface area (TPSA) is 42.2 Å². The standard InChI is InChI=1S/C20H17ClN4S/c1-13-17(16-5-3-4-6-19(16)25(13)2)11-22-24-20-23-18(12-26-20)14-7-9-15(21)10-8-14/h3-12H,1-2H3,(H,23,24)/b22-11-. The first kappa shape index (κ1) is 16.8. The van der Waals surface area contributed by atoms with E-state index in [1.54, 1.807) is 0 Å². The number of benzene rings is 2. The molecule has 0 atom stereocenters. The molecule has 0 aliphatic carbocycles. The number of hydrogen-bond donors (Lipinski definition) is 1. The number of rotatable bonds is 4. The minimum atomic E-state index is 0.720. The lowest BCUT2D eigenvalue weighted by molar-refractivity contribution is 0.916. The van der Waals surface area contributed by atoms with Crippen molar-refractivity contribution in [2.75, 3.05) is 5.43 Å². The largest absolute Gasteiger partial charge is 0.347 e. The molecule has 0 aliphatic rings. The van der Waals surface area contributed by atoms with Crippen molar-refractivity contribution >= 4 is 45.2 Å². The van der Waals surface area contributed by atoms with Gasteiger partial charge in [0.15, 0.2) is 0 Å². The van der Waals surface area contributed by atoms with E-state index >= 15 is 0 Å². The van der Waals surface area contributed by atoms with Gasteiger partial charge in [-0.1, -0.05) is 41.9 Å². The first-order chi connectivity index (χ1) is 12.6. The van der Waals surface area contributed by atoms with E-state index in [9.17, 15) is 0 Å². The molecule has 1 N–H and O–H groups in total. The zero-order chi connectivity index (χ0) is 18.1. The van der Waals surface area contributed by atoms with E-state index in [0.29, 0.717) is 0 Å². The Morgan fingerprint density at radius 1 is 1.15 bits per heavy atom. The lowest BCUT2D eigenvalue weighted by Gasteiger charge is -1.98. The van der Waals surface area contributed by atoms with Crippen molar-refractivity contribution in [1.82, 2.24) is 9.55 Å². The van der Waals surface area contributed by atoms with Crippen molar-refractivity contribution in [3.63, 3.8) is 0 Å². The van der Waals surface area contributed by atoms with Crippen LogP contribution in [0.4, 0.5) is 5.13 Å². The van der Waals surface area contributed by atoms with Crippen LogP contribution in [0, 0.1) is 6.92 Å². The Labute approximate surface area is 160 Å². The number of aromatic nitrogens is 2. The van der Waals surface area contributed by atoms with Crippen molar-refractivity contribution in [3.05, 3.63) is 70.2 Å². The van der Waals surface area contributed by atoms with Crippen molar-refractivity contribution in [2.45, 2.75) is 6.92 Å². The normalized spacial score (nSPS) is 11.5. The minimum absolute atomic E-state index is 0.720. The highest BCUT2D eigenvalue weighted by Crippen LogP contribution is 2.26. The fourth-order valence-electron chi connectivity index (χ4n) is 2.94. The smallest absolute Gasteiger partial charge is 0.203 e. The average Bonchev–Trinajstić information content (AvgIpc) is 3.22. The van der Waals surface area contributed by atoms with Gasteiger partial charge in [-0.15, -0.1) is 11.3 Å². The molecular weight excluding hydrogens is 364 g/mol. The zero-order valence-corrected chi connectivity index (χ0v) is 16.0. The molecule has 0 unspecified atom stereocenters. The lowest BCUT2D eigenvalue weighted by atomic mass is 10.1. The SMILES string of the molecule is Cc1c(/C=N\Nc2nc(-c3ccc(Cl)cc3)cs2)c2ccccc2n1C. The maximum absolute atomic E-state index is 5.94. The van der Waals surface area contributed by atoms with Gasteiger partial charge >= 0.3 is 0 Å². The van der Waals surface area contributed by atoms with Gasteiger partial charge in [-0.3, -0.25) is 5.43 Å². The van der Waals surface area contributed by atoms with Gasteiger partial charge in [-0.05, 0) is 25.1 Å². The molecule has 4 nitrogen and oxygen atoms in total. The van der Waals surface area contributed by atoms with Crippen LogP contribution in [0.3, 0.4) is 0 Å². The number of anilines is 1. The van der Waals surface area contributed by atoms with Gasteiger partial charge in [-0.2, -0.15) is 5.10 Å². The second-order valence-electron chi connectivity index (χ2n) is 5.99. The van der Waals surface area contributed by atoms with Crippen molar-refractivity contribution in [1.29, 1.82) is 0 Å². The molecule has 2 aromatic carbocycles. The number of para-hydroxylation sites is 1. The fourth-order valence-corrected chi connectivity index (χ4v) is 3.74. The van der Waals surface area contributed by atoms with Gasteiger partial charge in [0.1, 0.15) is 0 Å². The summed E-state index contributed by atoms with van der Waals surface area (Å²) in [6, 6.07) is 16.0. The number of hydrogen-bond acceptors (Lipinski definition) is 4. The summed E-state index contributed by atoms with van der Waals surface area (Å²) in [4.78, 5) is 4.58. The minimum Gasteiger partial charge on any atom is -0.347 e. The Bertz CT molecular complexity index is 1090. The quantitative estimate of drug-likeness (QED) is 0.364. The number of nitrogens with one attached hydrogen (secondary N) is 1. The van der Waals surface area contributed by atoms with Gasteiger partial charge in [0.25, 0.3) is 0 Å². The summed E-state index contributed by atoms with van der Waals surface area (Å²) in [5.41, 5.74) is 8.47. The van der Waals surface area contributed by atoms with Crippen LogP contribution in [0.2, 0.25) is 5.02 Å². The van der Waals surface area contributed by atoms with E-state index in [0.717, 1.165) is 27.0 Å². The summed E-state index contributed by atoms with van der Waals surface area (Å²) in [6.45, 7) is 2.10. The average molecular weight is 381 g/mol. The van der Waals surface area contributed by atoms with Crippen molar-refractivity contribution < 1.29 is 0 Å². The maximum Gasteiger partial charge on any atom is 0.203 e. The van der Waals surface area contributed by atoms with Crippen LogP contribution in [-0.4, -0.2) is 15.8 Å². The van der Waals surface area contributed by atoms with E-state index in [1.165, 1.54) is 27.9 Å². The summed E-state index contributed by atoms with van der Waals surface area (Å²) in [6.07, 6.45) is 1.86. The highest BCUT2D eigenvalue weighted by atomic mass is 35.5. The van der Waals surface area contributed by atoms with Crippen molar-refractivity contribution in [2.24, 2.45) is 12.1 Å². The predicted octanol–water partition coefficient (Wildman–Crippen LogP) is 5.71. The van der Waals surface area contributed by atoms with Crippen LogP contribution >= 0.6 is 22.9 Å². The van der Waals surface area contributed by atoms with Crippen LogP contribution < -0.4 is 5.43 Å². The summed E-state index contributed by atoms with van der Waals surface area (Å²) in [5.74, 6) is 0. The number of hydrazone groups is 1. The van der Waals surface area contributed by atoms with Gasteiger partial charge in [0, 0.05) is 45.2 Å². The van der Waals surface area contributed by atoms with Gasteiger partial charge in [0.2, 0.25) is 5.13 Å². The number of halogens is 1. The molecule has 0 bridgehead atoms. The van der Waals surface area contributed by atoms with E-state index in [1.807, 2.05) is 41.9 Å².